The molecule has 0 aliphatic rings. The minimum Gasteiger partial charge on any atom is -0.497 e. The first-order valence-electron chi connectivity index (χ1n) is 9.19. The van der Waals surface area contributed by atoms with Crippen LogP contribution < -0.4 is 25.4 Å². The van der Waals surface area contributed by atoms with Crippen molar-refractivity contribution in [1.82, 2.24) is 16.0 Å². The van der Waals surface area contributed by atoms with Crippen molar-refractivity contribution in [3.63, 3.8) is 0 Å². The summed E-state index contributed by atoms with van der Waals surface area (Å²) in [5.74, 6) is 2.07. The van der Waals surface area contributed by atoms with Gasteiger partial charge < -0.3 is 25.4 Å². The van der Waals surface area contributed by atoms with Crippen LogP contribution in [0.3, 0.4) is 0 Å². The van der Waals surface area contributed by atoms with Crippen molar-refractivity contribution >= 4 is 11.9 Å². The Morgan fingerprint density at radius 3 is 2.36 bits per heavy atom. The van der Waals surface area contributed by atoms with Gasteiger partial charge in [-0.05, 0) is 42.3 Å². The summed E-state index contributed by atoms with van der Waals surface area (Å²) in [5.41, 5.74) is 2.04. The van der Waals surface area contributed by atoms with Gasteiger partial charge in [0.25, 0.3) is 0 Å². The molecular weight excluding hydrogens is 356 g/mol. The van der Waals surface area contributed by atoms with E-state index in [1.54, 1.807) is 14.2 Å². The molecule has 0 unspecified atom stereocenters. The molecule has 7 nitrogen and oxygen atoms in total. The Kier molecular flexibility index (Phi) is 8.65. The van der Waals surface area contributed by atoms with Crippen LogP contribution in [0.25, 0.3) is 0 Å². The van der Waals surface area contributed by atoms with Gasteiger partial charge in [0.2, 0.25) is 5.91 Å². The molecule has 0 aliphatic carbocycles. The zero-order chi connectivity index (χ0) is 20.2. The van der Waals surface area contributed by atoms with Gasteiger partial charge in [0.15, 0.2) is 5.96 Å². The first kappa shape index (κ1) is 21.1. The van der Waals surface area contributed by atoms with E-state index in [0.29, 0.717) is 25.6 Å². The quantitative estimate of drug-likeness (QED) is 0.455. The molecule has 0 bridgehead atoms. The second kappa shape index (κ2) is 11.5. The monoisotopic (exact) mass is 384 g/mol. The third kappa shape index (κ3) is 7.19. The average molecular weight is 384 g/mol. The Balaban J connectivity index is 1.82. The van der Waals surface area contributed by atoms with E-state index in [1.807, 2.05) is 55.5 Å². The lowest BCUT2D eigenvalue weighted by atomic mass is 10.2. The maximum Gasteiger partial charge on any atom is 0.239 e. The second-order valence-electron chi connectivity index (χ2n) is 6.03. The number of benzene rings is 2. The van der Waals surface area contributed by atoms with Crippen LogP contribution in [0.2, 0.25) is 0 Å². The summed E-state index contributed by atoms with van der Waals surface area (Å²) in [7, 11) is 3.26. The zero-order valence-electron chi connectivity index (χ0n) is 16.6. The zero-order valence-corrected chi connectivity index (χ0v) is 16.6. The van der Waals surface area contributed by atoms with E-state index in [-0.39, 0.29) is 12.5 Å². The molecule has 0 saturated heterocycles. The fraction of sp³-hybridized carbons (Fsp3) is 0.333. The Morgan fingerprint density at radius 1 is 0.929 bits per heavy atom. The maximum atomic E-state index is 12.1. The molecule has 0 aromatic heterocycles. The summed E-state index contributed by atoms with van der Waals surface area (Å²) in [4.78, 5) is 16.6. The molecule has 2 aromatic rings. The summed E-state index contributed by atoms with van der Waals surface area (Å²) in [5, 5.41) is 9.07. The predicted molar refractivity (Wildman–Crippen MR) is 111 cm³/mol. The number of nitrogens with one attached hydrogen (secondary N) is 3. The number of guanidine groups is 1. The highest BCUT2D eigenvalue weighted by molar-refractivity contribution is 5.86. The van der Waals surface area contributed by atoms with E-state index < -0.39 is 0 Å². The van der Waals surface area contributed by atoms with E-state index >= 15 is 0 Å². The maximum absolute atomic E-state index is 12.1. The van der Waals surface area contributed by atoms with Gasteiger partial charge in [-0.25, -0.2) is 4.99 Å². The van der Waals surface area contributed by atoms with E-state index in [0.717, 1.165) is 22.6 Å². The normalized spacial score (nSPS) is 10.9. The summed E-state index contributed by atoms with van der Waals surface area (Å²) in [6, 6.07) is 15.3. The molecule has 7 heteroatoms. The first-order chi connectivity index (χ1) is 13.6. The van der Waals surface area contributed by atoms with Gasteiger partial charge in [0.05, 0.1) is 27.3 Å². The minimum atomic E-state index is -0.109. The van der Waals surface area contributed by atoms with Crippen molar-refractivity contribution in [1.29, 1.82) is 0 Å². The minimum absolute atomic E-state index is 0.109. The molecule has 0 atom stereocenters. The molecular formula is C21H28N4O3. The topological polar surface area (TPSA) is 84.0 Å². The van der Waals surface area contributed by atoms with Crippen LogP contribution in [0.5, 0.6) is 11.5 Å². The molecule has 2 rings (SSSR count). The number of nitrogens with zero attached hydrogens (tertiary/aromatic N) is 1. The number of methoxy groups -OCH3 is 2. The van der Waals surface area contributed by atoms with Crippen LogP contribution in [-0.4, -0.2) is 39.2 Å². The fourth-order valence-electron chi connectivity index (χ4n) is 2.45. The number of carbonyl (C=O) groups is 1. The third-order valence-electron chi connectivity index (χ3n) is 3.96. The van der Waals surface area contributed by atoms with Gasteiger partial charge in [-0.3, -0.25) is 4.79 Å². The fourth-order valence-corrected chi connectivity index (χ4v) is 2.45. The van der Waals surface area contributed by atoms with Crippen LogP contribution in [0.15, 0.2) is 53.5 Å². The van der Waals surface area contributed by atoms with E-state index in [2.05, 4.69) is 20.9 Å². The predicted octanol–water partition coefficient (Wildman–Crippen LogP) is 2.08. The van der Waals surface area contributed by atoms with Gasteiger partial charge in [0, 0.05) is 13.1 Å². The third-order valence-corrected chi connectivity index (χ3v) is 3.96. The Labute approximate surface area is 166 Å². The van der Waals surface area contributed by atoms with Crippen LogP contribution in [0.1, 0.15) is 18.1 Å². The highest BCUT2D eigenvalue weighted by Gasteiger charge is 2.04. The van der Waals surface area contributed by atoms with Gasteiger partial charge >= 0.3 is 0 Å². The Morgan fingerprint density at radius 2 is 1.68 bits per heavy atom. The highest BCUT2D eigenvalue weighted by atomic mass is 16.5. The molecule has 0 fully saturated rings. The summed E-state index contributed by atoms with van der Waals surface area (Å²) >= 11 is 0. The molecule has 0 saturated carbocycles. The number of ether oxygens (including phenoxy) is 2. The smallest absolute Gasteiger partial charge is 0.239 e. The van der Waals surface area contributed by atoms with Crippen LogP contribution in [0.4, 0.5) is 0 Å². The Hall–Kier alpha value is -3.22. The lowest BCUT2D eigenvalue weighted by Crippen LogP contribution is -2.43. The van der Waals surface area contributed by atoms with Gasteiger partial charge in [0.1, 0.15) is 11.5 Å². The molecule has 150 valence electrons. The van der Waals surface area contributed by atoms with Crippen molar-refractivity contribution in [3.05, 3.63) is 59.7 Å². The lowest BCUT2D eigenvalue weighted by Gasteiger charge is -2.12. The van der Waals surface area contributed by atoms with Crippen molar-refractivity contribution in [3.8, 4) is 11.5 Å². The van der Waals surface area contributed by atoms with Crippen LogP contribution in [0, 0.1) is 0 Å². The summed E-state index contributed by atoms with van der Waals surface area (Å²) in [6.07, 6.45) is 0. The van der Waals surface area contributed by atoms with E-state index in [4.69, 9.17) is 9.47 Å². The lowest BCUT2D eigenvalue weighted by molar-refractivity contribution is -0.120. The van der Waals surface area contributed by atoms with Crippen molar-refractivity contribution in [2.75, 3.05) is 27.3 Å². The number of carbonyl (C=O) groups excluding carboxylic acids is 1. The molecule has 0 radical (unpaired) electrons. The molecule has 0 aliphatic heterocycles. The van der Waals surface area contributed by atoms with Crippen molar-refractivity contribution in [2.24, 2.45) is 4.99 Å². The van der Waals surface area contributed by atoms with Crippen molar-refractivity contribution in [2.45, 2.75) is 20.0 Å². The van der Waals surface area contributed by atoms with Gasteiger partial charge in [-0.1, -0.05) is 24.3 Å². The van der Waals surface area contributed by atoms with Gasteiger partial charge in [-0.2, -0.15) is 0 Å². The average Bonchev–Trinajstić information content (AvgIpc) is 2.74. The molecule has 3 N–H and O–H groups in total. The highest BCUT2D eigenvalue weighted by Crippen LogP contribution is 2.13. The SMILES string of the molecule is CCNC(=NCc1cccc(OC)c1)NCC(=O)NCc1ccc(OC)cc1. The number of rotatable bonds is 9. The molecule has 1 amide bonds. The number of hydrogen-bond donors (Lipinski definition) is 3. The summed E-state index contributed by atoms with van der Waals surface area (Å²) in [6.45, 7) is 3.77. The molecule has 0 heterocycles. The Bertz CT molecular complexity index is 775. The molecule has 2 aromatic carbocycles. The molecule has 0 spiro atoms. The van der Waals surface area contributed by atoms with E-state index in [1.165, 1.54) is 0 Å². The number of aliphatic imine (C=N–C) groups is 1. The standard InChI is InChI=1S/C21H28N4O3/c1-4-22-21(24-14-17-6-5-7-19(12-17)28-3)25-15-20(26)23-13-16-8-10-18(27-2)11-9-16/h5-12H,4,13-15H2,1-3H3,(H,23,26)(H2,22,24,25). The first-order valence-corrected chi connectivity index (χ1v) is 9.19. The number of amides is 1. The second-order valence-corrected chi connectivity index (χ2v) is 6.03. The molecule has 28 heavy (non-hydrogen) atoms. The van der Waals surface area contributed by atoms with Crippen LogP contribution >= 0.6 is 0 Å². The van der Waals surface area contributed by atoms with Gasteiger partial charge in [-0.15, -0.1) is 0 Å². The van der Waals surface area contributed by atoms with E-state index in [9.17, 15) is 4.79 Å². The number of hydrogen-bond acceptors (Lipinski definition) is 4. The largest absolute Gasteiger partial charge is 0.497 e. The van der Waals surface area contributed by atoms with Crippen molar-refractivity contribution < 1.29 is 14.3 Å². The summed E-state index contributed by atoms with van der Waals surface area (Å²) < 4.78 is 10.4. The van der Waals surface area contributed by atoms with Crippen LogP contribution in [-0.2, 0) is 17.9 Å².